The highest BCUT2D eigenvalue weighted by molar-refractivity contribution is 6.31. The molecule has 0 fully saturated rings. The van der Waals surface area contributed by atoms with E-state index >= 15 is 0 Å². The molecule has 0 spiro atoms. The molecule has 0 aliphatic heterocycles. The van der Waals surface area contributed by atoms with Crippen molar-refractivity contribution in [2.24, 2.45) is 0 Å². The second-order valence-electron chi connectivity index (χ2n) is 4.43. The van der Waals surface area contributed by atoms with Crippen LogP contribution < -0.4 is 10.5 Å². The van der Waals surface area contributed by atoms with Crippen molar-refractivity contribution >= 4 is 34.3 Å². The Morgan fingerprint density at radius 2 is 1.76 bits per heavy atom. The number of benzene rings is 2. The molecule has 0 amide bonds. The molecule has 0 N–H and O–H groups in total. The Balaban J connectivity index is 1.75. The van der Waals surface area contributed by atoms with Gasteiger partial charge in [-0.05, 0) is 36.4 Å². The van der Waals surface area contributed by atoms with E-state index in [2.05, 4.69) is 0 Å². The first-order chi connectivity index (χ1) is 10.1. The van der Waals surface area contributed by atoms with Crippen LogP contribution in [-0.2, 0) is 6.54 Å². The molecular weight excluding hydrogens is 313 g/mol. The normalized spacial score (nSPS) is 11.0. The van der Waals surface area contributed by atoms with Crippen LogP contribution in [0, 0.1) is 0 Å². The van der Waals surface area contributed by atoms with Crippen molar-refractivity contribution in [1.29, 1.82) is 0 Å². The molecule has 1 aromatic heterocycles. The minimum atomic E-state index is -0.424. The van der Waals surface area contributed by atoms with Gasteiger partial charge in [-0.3, -0.25) is 4.57 Å². The van der Waals surface area contributed by atoms with Crippen LogP contribution in [0.25, 0.3) is 11.1 Å². The number of ether oxygens (including phenoxy) is 1. The lowest BCUT2D eigenvalue weighted by Crippen LogP contribution is -2.18. The summed E-state index contributed by atoms with van der Waals surface area (Å²) >= 11 is 11.7. The molecular formula is C15H11Cl2NO3. The second-order valence-corrected chi connectivity index (χ2v) is 5.31. The molecule has 0 aliphatic carbocycles. The Morgan fingerprint density at radius 3 is 2.52 bits per heavy atom. The van der Waals surface area contributed by atoms with Gasteiger partial charge in [0.05, 0.1) is 12.1 Å². The van der Waals surface area contributed by atoms with Gasteiger partial charge in [-0.15, -0.1) is 0 Å². The lowest BCUT2D eigenvalue weighted by atomic mass is 10.3. The minimum absolute atomic E-state index is 0.346. The van der Waals surface area contributed by atoms with Gasteiger partial charge >= 0.3 is 5.76 Å². The molecule has 0 radical (unpaired) electrons. The van der Waals surface area contributed by atoms with Crippen LogP contribution in [0.1, 0.15) is 0 Å². The number of aromatic nitrogens is 1. The summed E-state index contributed by atoms with van der Waals surface area (Å²) in [6.45, 7) is 0.731. The van der Waals surface area contributed by atoms with Crippen molar-refractivity contribution < 1.29 is 9.15 Å². The van der Waals surface area contributed by atoms with Crippen LogP contribution in [0.4, 0.5) is 0 Å². The Morgan fingerprint density at radius 1 is 1.05 bits per heavy atom. The smallest absolute Gasteiger partial charge is 0.420 e. The van der Waals surface area contributed by atoms with Crippen molar-refractivity contribution in [1.82, 2.24) is 4.57 Å². The number of fused-ring (bicyclic) bond motifs is 1. The van der Waals surface area contributed by atoms with Gasteiger partial charge in [-0.25, -0.2) is 4.79 Å². The van der Waals surface area contributed by atoms with Crippen LogP contribution in [-0.4, -0.2) is 11.2 Å². The molecule has 0 atom stereocenters. The minimum Gasteiger partial charge on any atom is -0.492 e. The molecule has 3 rings (SSSR count). The third-order valence-corrected chi connectivity index (χ3v) is 3.51. The Kier molecular flexibility index (Phi) is 3.90. The van der Waals surface area contributed by atoms with Crippen molar-refractivity contribution in [3.63, 3.8) is 0 Å². The largest absolute Gasteiger partial charge is 0.492 e. The van der Waals surface area contributed by atoms with E-state index in [1.54, 1.807) is 42.5 Å². The first kappa shape index (κ1) is 14.0. The van der Waals surface area contributed by atoms with E-state index in [-0.39, 0.29) is 0 Å². The molecule has 3 aromatic rings. The van der Waals surface area contributed by atoms with Crippen LogP contribution in [0.5, 0.6) is 5.75 Å². The maximum atomic E-state index is 11.8. The Labute approximate surface area is 130 Å². The van der Waals surface area contributed by atoms with E-state index in [0.717, 1.165) is 0 Å². The molecule has 0 bridgehead atoms. The van der Waals surface area contributed by atoms with Crippen LogP contribution in [0.3, 0.4) is 0 Å². The molecule has 2 aromatic carbocycles. The standard InChI is InChI=1S/C15H11Cl2NO3/c16-10-1-4-12(5-2-10)20-8-7-18-13-6-3-11(17)9-14(13)21-15(18)19/h1-6,9H,7-8H2. The van der Waals surface area contributed by atoms with Crippen LogP contribution >= 0.6 is 23.2 Å². The zero-order chi connectivity index (χ0) is 14.8. The van der Waals surface area contributed by atoms with Gasteiger partial charge in [-0.1, -0.05) is 23.2 Å². The van der Waals surface area contributed by atoms with Gasteiger partial charge in [0.15, 0.2) is 5.58 Å². The highest BCUT2D eigenvalue weighted by Crippen LogP contribution is 2.19. The number of hydrogen-bond donors (Lipinski definition) is 0. The fraction of sp³-hybridized carbons (Fsp3) is 0.133. The second kappa shape index (κ2) is 5.84. The monoisotopic (exact) mass is 323 g/mol. The average Bonchev–Trinajstić information content (AvgIpc) is 2.76. The van der Waals surface area contributed by atoms with Gasteiger partial charge in [-0.2, -0.15) is 0 Å². The molecule has 0 saturated heterocycles. The molecule has 0 aliphatic rings. The fourth-order valence-corrected chi connectivity index (χ4v) is 2.33. The van der Waals surface area contributed by atoms with Crippen molar-refractivity contribution in [2.45, 2.75) is 6.54 Å². The summed E-state index contributed by atoms with van der Waals surface area (Å²) in [6.07, 6.45) is 0. The maximum absolute atomic E-state index is 11.8. The highest BCUT2D eigenvalue weighted by Gasteiger charge is 2.09. The number of halogens is 2. The van der Waals surface area contributed by atoms with Crippen molar-refractivity contribution in [3.8, 4) is 5.75 Å². The Bertz CT molecular complexity index is 821. The molecule has 21 heavy (non-hydrogen) atoms. The van der Waals surface area contributed by atoms with Gasteiger partial charge < -0.3 is 9.15 Å². The summed E-state index contributed by atoms with van der Waals surface area (Å²) in [5, 5.41) is 1.18. The first-order valence-corrected chi connectivity index (χ1v) is 7.06. The third kappa shape index (κ3) is 3.06. The van der Waals surface area contributed by atoms with Gasteiger partial charge in [0.2, 0.25) is 0 Å². The first-order valence-electron chi connectivity index (χ1n) is 6.31. The van der Waals surface area contributed by atoms with E-state index in [4.69, 9.17) is 32.4 Å². The predicted octanol–water partition coefficient (Wildman–Crippen LogP) is 3.98. The van der Waals surface area contributed by atoms with E-state index in [1.807, 2.05) is 0 Å². The molecule has 6 heteroatoms. The van der Waals surface area contributed by atoms with Gasteiger partial charge in [0.25, 0.3) is 0 Å². The number of hydrogen-bond acceptors (Lipinski definition) is 3. The zero-order valence-electron chi connectivity index (χ0n) is 10.9. The number of nitrogens with zero attached hydrogens (tertiary/aromatic N) is 1. The average molecular weight is 324 g/mol. The number of oxazole rings is 1. The Hall–Kier alpha value is -1.91. The number of rotatable bonds is 4. The van der Waals surface area contributed by atoms with E-state index in [1.165, 1.54) is 4.57 Å². The lowest BCUT2D eigenvalue weighted by molar-refractivity contribution is 0.294. The van der Waals surface area contributed by atoms with E-state index in [0.29, 0.717) is 40.0 Å². The molecule has 108 valence electrons. The quantitative estimate of drug-likeness (QED) is 0.729. The summed E-state index contributed by atoms with van der Waals surface area (Å²) < 4.78 is 12.2. The van der Waals surface area contributed by atoms with E-state index < -0.39 is 5.76 Å². The van der Waals surface area contributed by atoms with Crippen LogP contribution in [0.2, 0.25) is 10.0 Å². The summed E-state index contributed by atoms with van der Waals surface area (Å²) in [7, 11) is 0. The fourth-order valence-electron chi connectivity index (χ4n) is 2.04. The molecule has 0 saturated carbocycles. The predicted molar refractivity (Wildman–Crippen MR) is 82.4 cm³/mol. The topological polar surface area (TPSA) is 44.4 Å². The summed E-state index contributed by atoms with van der Waals surface area (Å²) in [6, 6.07) is 12.1. The third-order valence-electron chi connectivity index (χ3n) is 3.03. The zero-order valence-corrected chi connectivity index (χ0v) is 12.4. The SMILES string of the molecule is O=c1oc2cc(Cl)ccc2n1CCOc1ccc(Cl)cc1. The van der Waals surface area contributed by atoms with Crippen molar-refractivity contribution in [3.05, 3.63) is 63.1 Å². The summed E-state index contributed by atoms with van der Waals surface area (Å²) in [5.74, 6) is 0.273. The molecule has 1 heterocycles. The summed E-state index contributed by atoms with van der Waals surface area (Å²) in [4.78, 5) is 11.8. The summed E-state index contributed by atoms with van der Waals surface area (Å²) in [5.41, 5.74) is 1.17. The molecule has 4 nitrogen and oxygen atoms in total. The van der Waals surface area contributed by atoms with Gasteiger partial charge in [0, 0.05) is 16.1 Å². The lowest BCUT2D eigenvalue weighted by Gasteiger charge is -2.06. The molecule has 0 unspecified atom stereocenters. The maximum Gasteiger partial charge on any atom is 0.420 e. The van der Waals surface area contributed by atoms with E-state index in [9.17, 15) is 4.79 Å². The van der Waals surface area contributed by atoms with Gasteiger partial charge in [0.1, 0.15) is 12.4 Å². The van der Waals surface area contributed by atoms with Crippen LogP contribution in [0.15, 0.2) is 51.7 Å². The highest BCUT2D eigenvalue weighted by atomic mass is 35.5. The van der Waals surface area contributed by atoms with Crippen molar-refractivity contribution in [2.75, 3.05) is 6.61 Å².